The van der Waals surface area contributed by atoms with Gasteiger partial charge in [0.1, 0.15) is 5.56 Å². The van der Waals surface area contributed by atoms with E-state index in [1.165, 1.54) is 24.7 Å². The number of esters is 2. The lowest BCUT2D eigenvalue weighted by Gasteiger charge is -2.15. The summed E-state index contributed by atoms with van der Waals surface area (Å²) in [6.45, 7) is 3.18. The minimum atomic E-state index is -0.505. The van der Waals surface area contributed by atoms with Gasteiger partial charge in [0.25, 0.3) is 5.88 Å². The van der Waals surface area contributed by atoms with Crippen LogP contribution in [-0.4, -0.2) is 42.1 Å². The highest BCUT2D eigenvalue weighted by Gasteiger charge is 2.24. The predicted molar refractivity (Wildman–Crippen MR) is 92.5 cm³/mol. The summed E-state index contributed by atoms with van der Waals surface area (Å²) >= 11 is 0. The summed E-state index contributed by atoms with van der Waals surface area (Å²) in [5, 5.41) is 5.52. The Labute approximate surface area is 149 Å². The second kappa shape index (κ2) is 7.40. The number of carbonyl (C=O) groups is 2. The molecular formula is C18H18N2O6. The van der Waals surface area contributed by atoms with E-state index in [9.17, 15) is 9.59 Å². The van der Waals surface area contributed by atoms with Crippen molar-refractivity contribution in [1.29, 1.82) is 0 Å². The predicted octanol–water partition coefficient (Wildman–Crippen LogP) is 2.57. The quantitative estimate of drug-likeness (QED) is 0.494. The Kier molecular flexibility index (Phi) is 5.04. The van der Waals surface area contributed by atoms with Gasteiger partial charge in [0.05, 0.1) is 18.3 Å². The molecule has 8 heteroatoms. The molecule has 0 atom stereocenters. The van der Waals surface area contributed by atoms with E-state index >= 15 is 0 Å². The molecule has 0 unspecified atom stereocenters. The first-order valence-corrected chi connectivity index (χ1v) is 7.98. The van der Waals surface area contributed by atoms with Crippen LogP contribution in [-0.2, 0) is 14.3 Å². The lowest BCUT2D eigenvalue weighted by Crippen LogP contribution is -2.11. The molecule has 0 saturated carbocycles. The van der Waals surface area contributed by atoms with E-state index in [1.807, 2.05) is 12.1 Å². The summed E-state index contributed by atoms with van der Waals surface area (Å²) in [5.41, 5.74) is 0.792. The third kappa shape index (κ3) is 3.06. The molecule has 26 heavy (non-hydrogen) atoms. The Morgan fingerprint density at radius 3 is 2.58 bits per heavy atom. The van der Waals surface area contributed by atoms with Crippen LogP contribution < -0.4 is 9.47 Å². The number of pyridine rings is 1. The number of rotatable bonds is 6. The fraction of sp³-hybridized carbons (Fsp3) is 0.278. The van der Waals surface area contributed by atoms with Gasteiger partial charge in [0, 0.05) is 24.8 Å². The van der Waals surface area contributed by atoms with Gasteiger partial charge in [0.2, 0.25) is 5.75 Å². The number of carbonyl (C=O) groups excluding carboxylic acids is 2. The molecule has 0 spiro atoms. The number of methoxy groups -OCH3 is 1. The van der Waals surface area contributed by atoms with Crippen LogP contribution >= 0.6 is 0 Å². The zero-order valence-electron chi connectivity index (χ0n) is 14.6. The summed E-state index contributed by atoms with van der Waals surface area (Å²) in [6.07, 6.45) is 1.40. The zero-order valence-corrected chi connectivity index (χ0v) is 14.6. The molecule has 2 heterocycles. The molecule has 3 rings (SSSR count). The van der Waals surface area contributed by atoms with Crippen molar-refractivity contribution in [3.63, 3.8) is 0 Å². The first kappa shape index (κ1) is 17.7. The minimum Gasteiger partial charge on any atom is -0.462 e. The topological polar surface area (TPSA) is 88.4 Å². The maximum Gasteiger partial charge on any atom is 0.342 e. The van der Waals surface area contributed by atoms with Crippen molar-refractivity contribution >= 4 is 28.2 Å². The SMILES string of the molecule is CCOC(=O)c1cnn2c(OCOC)c(OC(C)=O)c3ccccc3c12. The highest BCUT2D eigenvalue weighted by Crippen LogP contribution is 2.39. The third-order valence-corrected chi connectivity index (χ3v) is 3.64. The van der Waals surface area contributed by atoms with Crippen molar-refractivity contribution in [1.82, 2.24) is 9.61 Å². The molecule has 136 valence electrons. The van der Waals surface area contributed by atoms with E-state index in [4.69, 9.17) is 18.9 Å². The van der Waals surface area contributed by atoms with Crippen molar-refractivity contribution in [2.45, 2.75) is 13.8 Å². The van der Waals surface area contributed by atoms with Gasteiger partial charge in [-0.15, -0.1) is 0 Å². The van der Waals surface area contributed by atoms with E-state index in [-0.39, 0.29) is 25.0 Å². The van der Waals surface area contributed by atoms with E-state index < -0.39 is 11.9 Å². The molecule has 0 radical (unpaired) electrons. The van der Waals surface area contributed by atoms with Gasteiger partial charge in [-0.05, 0) is 6.92 Å². The molecule has 2 aromatic heterocycles. The molecule has 0 aliphatic heterocycles. The molecule has 0 aliphatic carbocycles. The molecule has 0 saturated heterocycles. The fourth-order valence-corrected chi connectivity index (χ4v) is 2.70. The van der Waals surface area contributed by atoms with Crippen molar-refractivity contribution in [2.24, 2.45) is 0 Å². The highest BCUT2D eigenvalue weighted by atomic mass is 16.7. The summed E-state index contributed by atoms with van der Waals surface area (Å²) < 4.78 is 22.5. The minimum absolute atomic E-state index is 0.0870. The summed E-state index contributed by atoms with van der Waals surface area (Å²) in [4.78, 5) is 23.9. The van der Waals surface area contributed by atoms with Crippen LogP contribution in [0.4, 0.5) is 0 Å². The first-order valence-electron chi connectivity index (χ1n) is 7.98. The van der Waals surface area contributed by atoms with Crippen LogP contribution in [0.2, 0.25) is 0 Å². The van der Waals surface area contributed by atoms with Crippen molar-refractivity contribution in [2.75, 3.05) is 20.5 Å². The molecule has 8 nitrogen and oxygen atoms in total. The van der Waals surface area contributed by atoms with Crippen LogP contribution in [0, 0.1) is 0 Å². The van der Waals surface area contributed by atoms with Gasteiger partial charge in [-0.25, -0.2) is 4.79 Å². The van der Waals surface area contributed by atoms with Gasteiger partial charge in [-0.3, -0.25) is 4.79 Å². The Morgan fingerprint density at radius 2 is 1.92 bits per heavy atom. The average molecular weight is 358 g/mol. The van der Waals surface area contributed by atoms with Crippen LogP contribution in [0.25, 0.3) is 16.3 Å². The summed E-state index contributed by atoms with van der Waals surface area (Å²) in [5.74, 6) is -0.636. The highest BCUT2D eigenvalue weighted by molar-refractivity contribution is 6.10. The maximum atomic E-state index is 12.3. The number of hydrogen-bond donors (Lipinski definition) is 0. The van der Waals surface area contributed by atoms with Crippen molar-refractivity contribution < 1.29 is 28.5 Å². The molecule has 0 fully saturated rings. The first-order chi connectivity index (χ1) is 12.6. The van der Waals surface area contributed by atoms with Crippen LogP contribution in [0.15, 0.2) is 30.5 Å². The van der Waals surface area contributed by atoms with Crippen LogP contribution in [0.1, 0.15) is 24.2 Å². The standard InChI is InChI=1S/C18H18N2O6/c1-4-24-18(22)14-9-19-20-15(14)12-7-5-6-8-13(12)16(26-11(2)21)17(20)25-10-23-3/h5-9H,4,10H2,1-3H3. The molecule has 0 bridgehead atoms. The third-order valence-electron chi connectivity index (χ3n) is 3.64. The molecule has 3 aromatic rings. The van der Waals surface area contributed by atoms with Gasteiger partial charge in [-0.1, -0.05) is 24.3 Å². The number of ether oxygens (including phenoxy) is 4. The van der Waals surface area contributed by atoms with Crippen molar-refractivity contribution in [3.8, 4) is 11.6 Å². The molecule has 0 amide bonds. The van der Waals surface area contributed by atoms with E-state index in [1.54, 1.807) is 19.1 Å². The lowest BCUT2D eigenvalue weighted by molar-refractivity contribution is -0.132. The van der Waals surface area contributed by atoms with E-state index in [0.29, 0.717) is 21.9 Å². The lowest BCUT2D eigenvalue weighted by atomic mass is 10.1. The van der Waals surface area contributed by atoms with E-state index in [2.05, 4.69) is 5.10 Å². The van der Waals surface area contributed by atoms with Crippen LogP contribution in [0.5, 0.6) is 11.6 Å². The normalized spacial score (nSPS) is 10.9. The molecular weight excluding hydrogens is 340 g/mol. The largest absolute Gasteiger partial charge is 0.462 e. The number of nitrogens with zero attached hydrogens (tertiary/aromatic N) is 2. The number of aromatic nitrogens is 2. The Hall–Kier alpha value is -3.13. The Bertz CT molecular complexity index is 979. The van der Waals surface area contributed by atoms with Gasteiger partial charge >= 0.3 is 11.9 Å². The number of hydrogen-bond acceptors (Lipinski definition) is 7. The maximum absolute atomic E-state index is 12.3. The second-order valence-corrected chi connectivity index (χ2v) is 5.36. The zero-order chi connectivity index (χ0) is 18.7. The van der Waals surface area contributed by atoms with E-state index in [0.717, 1.165) is 0 Å². The smallest absolute Gasteiger partial charge is 0.342 e. The van der Waals surface area contributed by atoms with Gasteiger partial charge in [0.15, 0.2) is 6.79 Å². The second-order valence-electron chi connectivity index (χ2n) is 5.36. The summed E-state index contributed by atoms with van der Waals surface area (Å²) in [7, 11) is 1.47. The monoisotopic (exact) mass is 358 g/mol. The van der Waals surface area contributed by atoms with Crippen molar-refractivity contribution in [3.05, 3.63) is 36.0 Å². The van der Waals surface area contributed by atoms with Gasteiger partial charge in [-0.2, -0.15) is 9.61 Å². The Balaban J connectivity index is 2.38. The van der Waals surface area contributed by atoms with Crippen LogP contribution in [0.3, 0.4) is 0 Å². The number of benzene rings is 1. The fourth-order valence-electron chi connectivity index (χ4n) is 2.70. The summed E-state index contributed by atoms with van der Waals surface area (Å²) in [6, 6.07) is 7.20. The number of fused-ring (bicyclic) bond motifs is 3. The van der Waals surface area contributed by atoms with Gasteiger partial charge < -0.3 is 18.9 Å². The molecule has 0 aliphatic rings. The average Bonchev–Trinajstić information content (AvgIpc) is 3.06. The molecule has 0 N–H and O–H groups in total. The Morgan fingerprint density at radius 1 is 1.19 bits per heavy atom. The molecule has 1 aromatic carbocycles.